The van der Waals surface area contributed by atoms with Gasteiger partial charge in [-0.3, -0.25) is 0 Å². The topological polar surface area (TPSA) is 35.8 Å². The van der Waals surface area contributed by atoms with E-state index in [1.165, 1.54) is 0 Å². The molecule has 2 aromatic rings. The Morgan fingerprint density at radius 3 is 2.13 bits per heavy atom. The van der Waals surface area contributed by atoms with Crippen molar-refractivity contribution in [3.8, 4) is 0 Å². The Balaban J connectivity index is 2.59. The number of aliphatic hydroxyl groups is 1. The fraction of sp³-hybridized carbons (Fsp3) is 0.222. The average molecular weight is 391 g/mol. The van der Waals surface area contributed by atoms with E-state index in [9.17, 15) is 5.11 Å². The molecule has 2 aromatic carbocycles. The summed E-state index contributed by atoms with van der Waals surface area (Å²) in [6, 6.07) is 15.4. The van der Waals surface area contributed by atoms with Crippen molar-refractivity contribution in [1.29, 1.82) is 0 Å². The largest absolute Gasteiger partial charge is 0.499 e. The molecular formula is C18H19BrN2OS. The molecule has 23 heavy (non-hydrogen) atoms. The number of nitrogens with zero attached hydrogens (tertiary/aromatic N) is 2. The van der Waals surface area contributed by atoms with Gasteiger partial charge in [-0.25, -0.2) is 4.99 Å². The number of thiocarbonyl (C=S) groups is 1. The number of aliphatic imine (C=N–C) groups is 1. The second-order valence-corrected chi connectivity index (χ2v) is 6.24. The molecule has 0 amide bonds. The Kier molecular flexibility index (Phi) is 6.30. The van der Waals surface area contributed by atoms with Crippen LogP contribution in [0.5, 0.6) is 0 Å². The fourth-order valence-corrected chi connectivity index (χ4v) is 2.77. The maximum absolute atomic E-state index is 9.83. The molecule has 0 radical (unpaired) electrons. The van der Waals surface area contributed by atoms with E-state index in [1.807, 2.05) is 48.5 Å². The van der Waals surface area contributed by atoms with E-state index in [4.69, 9.17) is 17.2 Å². The molecule has 0 saturated heterocycles. The molecule has 0 atom stereocenters. The first kappa shape index (κ1) is 17.6. The van der Waals surface area contributed by atoms with Gasteiger partial charge in [0.1, 0.15) is 5.84 Å². The molecule has 0 bridgehead atoms. The van der Waals surface area contributed by atoms with E-state index < -0.39 is 0 Å². The first-order chi connectivity index (χ1) is 11.1. The number of rotatable bonds is 5. The molecule has 2 rings (SSSR count). The Morgan fingerprint density at radius 2 is 1.61 bits per heavy atom. The highest BCUT2D eigenvalue weighted by Crippen LogP contribution is 2.21. The Labute approximate surface area is 150 Å². The number of amidine groups is 1. The minimum atomic E-state index is -0.115. The third kappa shape index (κ3) is 4.39. The van der Waals surface area contributed by atoms with Crippen molar-refractivity contribution in [3.63, 3.8) is 0 Å². The molecule has 5 heteroatoms. The SMILES string of the molecule is CCN(CC)C(=Nc1ccc(Br)cc1)c1ccccc1C(O)=S. The molecule has 0 aliphatic rings. The normalized spacial score (nSPS) is 11.3. The smallest absolute Gasteiger partial charge is 0.189 e. The number of halogens is 1. The van der Waals surface area contributed by atoms with E-state index in [0.717, 1.165) is 34.6 Å². The van der Waals surface area contributed by atoms with E-state index in [-0.39, 0.29) is 5.05 Å². The van der Waals surface area contributed by atoms with E-state index in [0.29, 0.717) is 5.56 Å². The molecule has 0 heterocycles. The third-order valence-electron chi connectivity index (χ3n) is 3.52. The number of hydrogen-bond acceptors (Lipinski definition) is 2. The van der Waals surface area contributed by atoms with E-state index in [1.54, 1.807) is 0 Å². The van der Waals surface area contributed by atoms with Crippen LogP contribution in [0.2, 0.25) is 0 Å². The van der Waals surface area contributed by atoms with Gasteiger partial charge < -0.3 is 10.0 Å². The van der Waals surface area contributed by atoms with Crippen molar-refractivity contribution in [1.82, 2.24) is 4.90 Å². The van der Waals surface area contributed by atoms with Gasteiger partial charge in [0, 0.05) is 28.7 Å². The van der Waals surface area contributed by atoms with Crippen molar-refractivity contribution in [3.05, 3.63) is 64.1 Å². The van der Waals surface area contributed by atoms with Gasteiger partial charge in [-0.15, -0.1) is 0 Å². The molecule has 0 spiro atoms. The Hall–Kier alpha value is -1.72. The van der Waals surface area contributed by atoms with Crippen molar-refractivity contribution in [2.24, 2.45) is 4.99 Å². The van der Waals surface area contributed by atoms with Crippen LogP contribution < -0.4 is 0 Å². The van der Waals surface area contributed by atoms with Gasteiger partial charge in [-0.1, -0.05) is 34.1 Å². The zero-order valence-electron chi connectivity index (χ0n) is 13.2. The minimum absolute atomic E-state index is 0.115. The van der Waals surface area contributed by atoms with Crippen LogP contribution in [0.3, 0.4) is 0 Å². The van der Waals surface area contributed by atoms with Crippen molar-refractivity contribution >= 4 is 44.7 Å². The first-order valence-electron chi connectivity index (χ1n) is 7.48. The highest BCUT2D eigenvalue weighted by molar-refractivity contribution is 9.10. The number of benzene rings is 2. The van der Waals surface area contributed by atoms with Crippen LogP contribution in [0.15, 0.2) is 58.0 Å². The quantitative estimate of drug-likeness (QED) is 0.438. The molecule has 0 aromatic heterocycles. The van der Waals surface area contributed by atoms with Crippen molar-refractivity contribution in [2.75, 3.05) is 13.1 Å². The molecule has 3 nitrogen and oxygen atoms in total. The summed E-state index contributed by atoms with van der Waals surface area (Å²) in [7, 11) is 0. The lowest BCUT2D eigenvalue weighted by Crippen LogP contribution is -2.32. The number of aliphatic hydroxyl groups excluding tert-OH is 1. The second-order valence-electron chi connectivity index (χ2n) is 4.93. The summed E-state index contributed by atoms with van der Waals surface area (Å²) in [4.78, 5) is 6.96. The summed E-state index contributed by atoms with van der Waals surface area (Å²) in [6.07, 6.45) is 0. The summed E-state index contributed by atoms with van der Waals surface area (Å²) in [6.45, 7) is 5.80. The van der Waals surface area contributed by atoms with Gasteiger partial charge in [-0.2, -0.15) is 0 Å². The third-order valence-corrected chi connectivity index (χ3v) is 4.27. The van der Waals surface area contributed by atoms with Crippen LogP contribution in [0.1, 0.15) is 25.0 Å². The van der Waals surface area contributed by atoms with Gasteiger partial charge >= 0.3 is 0 Å². The highest BCUT2D eigenvalue weighted by atomic mass is 79.9. The molecular weight excluding hydrogens is 372 g/mol. The Morgan fingerprint density at radius 1 is 1.04 bits per heavy atom. The summed E-state index contributed by atoms with van der Waals surface area (Å²) in [5.41, 5.74) is 2.32. The van der Waals surface area contributed by atoms with E-state index >= 15 is 0 Å². The van der Waals surface area contributed by atoms with Crippen LogP contribution in [-0.4, -0.2) is 34.0 Å². The van der Waals surface area contributed by atoms with Gasteiger partial charge in [-0.05, 0) is 56.4 Å². The molecule has 0 fully saturated rings. The maximum atomic E-state index is 9.83. The second kappa shape index (κ2) is 8.22. The van der Waals surface area contributed by atoms with Crippen LogP contribution in [0.25, 0.3) is 0 Å². The maximum Gasteiger partial charge on any atom is 0.189 e. The minimum Gasteiger partial charge on any atom is -0.499 e. The summed E-state index contributed by atoms with van der Waals surface area (Å²) in [5, 5.41) is 9.72. The number of hydrogen-bond donors (Lipinski definition) is 1. The fourth-order valence-electron chi connectivity index (χ4n) is 2.33. The first-order valence-corrected chi connectivity index (χ1v) is 8.68. The summed E-state index contributed by atoms with van der Waals surface area (Å²) in [5.74, 6) is 0.810. The van der Waals surface area contributed by atoms with Crippen LogP contribution >= 0.6 is 28.1 Å². The van der Waals surface area contributed by atoms with Gasteiger partial charge in [0.25, 0.3) is 0 Å². The van der Waals surface area contributed by atoms with Gasteiger partial charge in [0.2, 0.25) is 0 Å². The molecule has 0 aliphatic carbocycles. The lowest BCUT2D eigenvalue weighted by molar-refractivity contribution is 0.466. The Bertz CT molecular complexity index is 709. The molecule has 0 unspecified atom stereocenters. The average Bonchev–Trinajstić information content (AvgIpc) is 2.56. The lowest BCUT2D eigenvalue weighted by Gasteiger charge is -2.24. The van der Waals surface area contributed by atoms with Crippen molar-refractivity contribution < 1.29 is 5.11 Å². The van der Waals surface area contributed by atoms with Crippen LogP contribution in [0, 0.1) is 0 Å². The molecule has 120 valence electrons. The van der Waals surface area contributed by atoms with Gasteiger partial charge in [0.05, 0.1) is 5.69 Å². The van der Waals surface area contributed by atoms with Crippen LogP contribution in [0.4, 0.5) is 5.69 Å². The highest BCUT2D eigenvalue weighted by Gasteiger charge is 2.16. The summed E-state index contributed by atoms with van der Waals surface area (Å²) < 4.78 is 1.01. The van der Waals surface area contributed by atoms with Crippen molar-refractivity contribution in [2.45, 2.75) is 13.8 Å². The predicted octanol–water partition coefficient (Wildman–Crippen LogP) is 5.10. The zero-order valence-corrected chi connectivity index (χ0v) is 15.6. The van der Waals surface area contributed by atoms with Crippen LogP contribution in [-0.2, 0) is 0 Å². The predicted molar refractivity (Wildman–Crippen MR) is 104 cm³/mol. The monoisotopic (exact) mass is 390 g/mol. The molecule has 0 saturated carbocycles. The lowest BCUT2D eigenvalue weighted by atomic mass is 10.1. The standard InChI is InChI=1S/C18H19BrN2OS/c1-3-21(4-2)17(20-14-11-9-13(19)10-12-14)15-7-5-6-8-16(15)18(22)23/h5-12H,3-4H2,1-2H3,(H,22,23). The molecule has 1 N–H and O–H groups in total. The van der Waals surface area contributed by atoms with Gasteiger partial charge in [0.15, 0.2) is 5.05 Å². The summed E-state index contributed by atoms with van der Waals surface area (Å²) >= 11 is 8.42. The zero-order chi connectivity index (χ0) is 16.8. The molecule has 0 aliphatic heterocycles. The van der Waals surface area contributed by atoms with E-state index in [2.05, 4.69) is 34.7 Å².